The third-order valence-corrected chi connectivity index (χ3v) is 14.1. The smallest absolute Gasteiger partial charge is 0.456 e. The summed E-state index contributed by atoms with van der Waals surface area (Å²) < 4.78 is 30.6. The van der Waals surface area contributed by atoms with Crippen molar-refractivity contribution in [3.63, 3.8) is 0 Å². The average molecular weight is 1040 g/mol. The minimum atomic E-state index is -4.45. The van der Waals surface area contributed by atoms with Gasteiger partial charge in [-0.3, -0.25) is 18.6 Å². The lowest BCUT2D eigenvalue weighted by molar-refractivity contribution is -0.870. The average Bonchev–Trinajstić information content (AvgIpc) is 3.35. The number of phosphoric ester groups is 1. The highest BCUT2D eigenvalue weighted by Crippen LogP contribution is 2.43. The van der Waals surface area contributed by atoms with Gasteiger partial charge in [-0.2, -0.15) is 0 Å². The van der Waals surface area contributed by atoms with Crippen LogP contribution in [0.15, 0.2) is 72.9 Å². The molecule has 3 unspecified atom stereocenters. The van der Waals surface area contributed by atoms with Gasteiger partial charge in [0.2, 0.25) is 5.91 Å². The number of nitrogens with zero attached hydrogens (tertiary/aromatic N) is 1. The second kappa shape index (κ2) is 52.9. The van der Waals surface area contributed by atoms with Crippen molar-refractivity contribution in [2.45, 2.75) is 277 Å². The molecule has 0 spiro atoms. The third kappa shape index (κ3) is 54.1. The molecular formula is C63H116N2O7P+. The fraction of sp³-hybridized carbons (Fsp3) is 0.778. The van der Waals surface area contributed by atoms with E-state index in [4.69, 9.17) is 13.8 Å². The van der Waals surface area contributed by atoms with E-state index >= 15 is 0 Å². The first-order valence-electron chi connectivity index (χ1n) is 30.3. The molecular weight excluding hydrogens is 928 g/mol. The Morgan fingerprint density at radius 2 is 0.849 bits per heavy atom. The Kier molecular flexibility index (Phi) is 51.0. The van der Waals surface area contributed by atoms with Crippen LogP contribution in [0.2, 0.25) is 0 Å². The van der Waals surface area contributed by atoms with Crippen molar-refractivity contribution in [3.8, 4) is 0 Å². The maximum absolute atomic E-state index is 13.5. The highest BCUT2D eigenvalue weighted by molar-refractivity contribution is 7.47. The van der Waals surface area contributed by atoms with Gasteiger partial charge in [-0.1, -0.05) is 229 Å². The van der Waals surface area contributed by atoms with Crippen molar-refractivity contribution in [1.29, 1.82) is 0 Å². The molecule has 0 rings (SSSR count). The SMILES string of the molecule is CCCC/C=C\CCCCCCCC(=O)OC(/C=C/CCCCCCCCCCCCC)C(COP(=O)(O)OCC[N+](C)(C)C)NC(=O)CCCCCCCCC/C=C\C/C=C\C/C=C\C/C=C\CCCCC. The molecule has 0 bridgehead atoms. The molecule has 0 aliphatic carbocycles. The predicted octanol–water partition coefficient (Wildman–Crippen LogP) is 18.4. The number of allylic oxidation sites excluding steroid dienone is 11. The summed E-state index contributed by atoms with van der Waals surface area (Å²) in [7, 11) is 1.48. The summed E-state index contributed by atoms with van der Waals surface area (Å²) in [5.74, 6) is -0.528. The number of hydrogen-bond donors (Lipinski definition) is 2. The lowest BCUT2D eigenvalue weighted by Crippen LogP contribution is -2.47. The Labute approximate surface area is 451 Å². The topological polar surface area (TPSA) is 111 Å². The van der Waals surface area contributed by atoms with E-state index in [1.54, 1.807) is 0 Å². The van der Waals surface area contributed by atoms with Gasteiger partial charge in [0.25, 0.3) is 0 Å². The van der Waals surface area contributed by atoms with Crippen LogP contribution in [0.25, 0.3) is 0 Å². The molecule has 0 saturated carbocycles. The summed E-state index contributed by atoms with van der Waals surface area (Å²) in [6.45, 7) is 6.93. The molecule has 0 fully saturated rings. The first-order chi connectivity index (χ1) is 35.4. The van der Waals surface area contributed by atoms with Crippen molar-refractivity contribution < 1.29 is 37.3 Å². The normalized spacial score (nSPS) is 14.2. The number of hydrogen-bond acceptors (Lipinski definition) is 6. The van der Waals surface area contributed by atoms with E-state index in [-0.39, 0.29) is 31.5 Å². The van der Waals surface area contributed by atoms with Crippen LogP contribution in [-0.2, 0) is 27.9 Å². The second-order valence-electron chi connectivity index (χ2n) is 21.5. The first kappa shape index (κ1) is 70.5. The fourth-order valence-corrected chi connectivity index (χ4v) is 9.11. The predicted molar refractivity (Wildman–Crippen MR) is 314 cm³/mol. The number of phosphoric acid groups is 1. The molecule has 0 aromatic carbocycles. The Bertz CT molecular complexity index is 1480. The van der Waals surface area contributed by atoms with Crippen LogP contribution in [0.3, 0.4) is 0 Å². The maximum atomic E-state index is 13.5. The quantitative estimate of drug-likeness (QED) is 0.0205. The molecule has 0 radical (unpaired) electrons. The summed E-state index contributed by atoms with van der Waals surface area (Å²) in [6, 6.07) is -0.859. The van der Waals surface area contributed by atoms with Crippen molar-refractivity contribution in [2.75, 3.05) is 40.9 Å². The molecule has 424 valence electrons. The Hall–Kier alpha value is -2.55. The molecule has 1 amide bonds. The lowest BCUT2D eigenvalue weighted by Gasteiger charge is -2.27. The van der Waals surface area contributed by atoms with E-state index < -0.39 is 20.0 Å². The number of unbranched alkanes of at least 4 members (excludes halogenated alkanes) is 28. The van der Waals surface area contributed by atoms with Crippen molar-refractivity contribution in [1.82, 2.24) is 5.32 Å². The number of likely N-dealkylation sites (N-methyl/N-ethyl adjacent to an activating group) is 1. The Morgan fingerprint density at radius 1 is 0.479 bits per heavy atom. The zero-order chi connectivity index (χ0) is 53.6. The monoisotopic (exact) mass is 1040 g/mol. The highest BCUT2D eigenvalue weighted by atomic mass is 31.2. The van der Waals surface area contributed by atoms with Crippen molar-refractivity contribution in [2.24, 2.45) is 0 Å². The van der Waals surface area contributed by atoms with Gasteiger partial charge in [0, 0.05) is 12.8 Å². The molecule has 10 heteroatoms. The molecule has 2 N–H and O–H groups in total. The largest absolute Gasteiger partial charge is 0.472 e. The molecule has 0 aliphatic heterocycles. The second-order valence-corrected chi connectivity index (χ2v) is 23.0. The van der Waals surface area contributed by atoms with E-state index in [0.717, 1.165) is 116 Å². The molecule has 73 heavy (non-hydrogen) atoms. The summed E-state index contributed by atoms with van der Waals surface area (Å²) in [6.07, 6.45) is 67.5. The number of rotatable bonds is 54. The van der Waals surface area contributed by atoms with E-state index in [9.17, 15) is 19.0 Å². The minimum absolute atomic E-state index is 0.0343. The van der Waals surface area contributed by atoms with Crippen LogP contribution in [0, 0.1) is 0 Å². The molecule has 0 aromatic heterocycles. The first-order valence-corrected chi connectivity index (χ1v) is 31.8. The summed E-state index contributed by atoms with van der Waals surface area (Å²) >= 11 is 0. The number of carbonyl (C=O) groups is 2. The molecule has 0 heterocycles. The molecule has 0 saturated heterocycles. The number of nitrogens with one attached hydrogen (secondary N) is 1. The Morgan fingerprint density at radius 3 is 1.33 bits per heavy atom. The van der Waals surface area contributed by atoms with E-state index in [2.05, 4.69) is 86.8 Å². The van der Waals surface area contributed by atoms with Gasteiger partial charge >= 0.3 is 13.8 Å². The number of carbonyl (C=O) groups excluding carboxylic acids is 2. The summed E-state index contributed by atoms with van der Waals surface area (Å²) in [5, 5.41) is 3.04. The fourth-order valence-electron chi connectivity index (χ4n) is 8.37. The number of esters is 1. The van der Waals surface area contributed by atoms with E-state index in [0.29, 0.717) is 17.4 Å². The van der Waals surface area contributed by atoms with Crippen LogP contribution in [0.5, 0.6) is 0 Å². The standard InChI is InChI=1S/C63H115N2O7P/c1-7-10-13-16-19-22-25-27-28-29-30-31-32-33-34-35-36-38-41-43-46-49-52-55-62(66)64-60(59-71-73(68,69)70-58-57-65(4,5)6)61(54-51-48-45-42-40-37-26-23-20-17-14-11-8-2)72-63(67)56-53-50-47-44-39-24-21-18-15-12-9-3/h18-19,21-22,27-28,30-31,33-34,51,54,60-61H,7-17,20,23-26,29,32,35-50,52-53,55-59H2,1-6H3,(H-,64,66,68,69)/p+1/b21-18-,22-19-,28-27-,31-30-,34-33-,54-51+. The van der Waals surface area contributed by atoms with Crippen LogP contribution in [0.4, 0.5) is 0 Å². The summed E-state index contributed by atoms with van der Waals surface area (Å²) in [4.78, 5) is 37.6. The van der Waals surface area contributed by atoms with Gasteiger partial charge in [0.15, 0.2) is 0 Å². The lowest BCUT2D eigenvalue weighted by atomic mass is 10.0. The zero-order valence-corrected chi connectivity index (χ0v) is 49.3. The van der Waals surface area contributed by atoms with Gasteiger partial charge in [-0.15, -0.1) is 0 Å². The van der Waals surface area contributed by atoms with E-state index in [1.165, 1.54) is 116 Å². The number of quaternary nitrogens is 1. The van der Waals surface area contributed by atoms with Gasteiger partial charge in [-0.05, 0) is 96.0 Å². The number of ether oxygens (including phenoxy) is 1. The number of amides is 1. The van der Waals surface area contributed by atoms with Crippen LogP contribution in [0.1, 0.15) is 265 Å². The van der Waals surface area contributed by atoms with Gasteiger partial charge in [-0.25, -0.2) is 4.57 Å². The highest BCUT2D eigenvalue weighted by Gasteiger charge is 2.30. The van der Waals surface area contributed by atoms with Crippen molar-refractivity contribution >= 4 is 19.7 Å². The van der Waals surface area contributed by atoms with Gasteiger partial charge in [0.1, 0.15) is 19.3 Å². The Balaban J connectivity index is 5.23. The van der Waals surface area contributed by atoms with Crippen LogP contribution >= 0.6 is 7.82 Å². The molecule has 9 nitrogen and oxygen atoms in total. The third-order valence-electron chi connectivity index (χ3n) is 13.1. The van der Waals surface area contributed by atoms with Gasteiger partial charge < -0.3 is 19.4 Å². The zero-order valence-electron chi connectivity index (χ0n) is 48.4. The molecule has 0 aliphatic rings. The van der Waals surface area contributed by atoms with Gasteiger partial charge in [0.05, 0.1) is 33.8 Å². The molecule has 0 aromatic rings. The maximum Gasteiger partial charge on any atom is 0.472 e. The summed E-state index contributed by atoms with van der Waals surface area (Å²) in [5.41, 5.74) is 0. The van der Waals surface area contributed by atoms with Crippen LogP contribution in [-0.4, -0.2) is 74.3 Å². The molecule has 3 atom stereocenters. The van der Waals surface area contributed by atoms with Crippen LogP contribution < -0.4 is 5.32 Å². The minimum Gasteiger partial charge on any atom is -0.456 e. The van der Waals surface area contributed by atoms with E-state index in [1.807, 2.05) is 33.3 Å². The van der Waals surface area contributed by atoms with Crippen molar-refractivity contribution in [3.05, 3.63) is 72.9 Å².